The molecule has 0 bridgehead atoms. The van der Waals surface area contributed by atoms with Crippen molar-refractivity contribution in [2.75, 3.05) is 39.8 Å². The number of hydrogen-bond donors (Lipinski definition) is 0. The van der Waals surface area contributed by atoms with E-state index >= 15 is 0 Å². The van der Waals surface area contributed by atoms with Gasteiger partial charge in [-0.05, 0) is 24.1 Å². The summed E-state index contributed by atoms with van der Waals surface area (Å²) in [5.74, 6) is 0.864. The van der Waals surface area contributed by atoms with E-state index in [4.69, 9.17) is 4.74 Å². The molecule has 5 nitrogen and oxygen atoms in total. The molecule has 0 atom stereocenters. The van der Waals surface area contributed by atoms with Crippen molar-refractivity contribution in [3.8, 4) is 5.75 Å². The van der Waals surface area contributed by atoms with Crippen molar-refractivity contribution >= 4 is 5.91 Å². The van der Waals surface area contributed by atoms with Crippen LogP contribution >= 0.6 is 0 Å². The topological polar surface area (TPSA) is 45.7 Å². The third-order valence-corrected chi connectivity index (χ3v) is 4.65. The van der Waals surface area contributed by atoms with Gasteiger partial charge in [0.25, 0.3) is 0 Å². The average molecular weight is 339 g/mol. The molecule has 1 saturated heterocycles. The number of carbonyl (C=O) groups excluding carboxylic acids is 1. The maximum absolute atomic E-state index is 12.4. The largest absolute Gasteiger partial charge is 0.495 e. The van der Waals surface area contributed by atoms with Crippen molar-refractivity contribution in [3.05, 3.63) is 59.9 Å². The molecule has 0 spiro atoms. The van der Waals surface area contributed by atoms with Crippen molar-refractivity contribution in [2.45, 2.75) is 12.8 Å². The highest BCUT2D eigenvalue weighted by atomic mass is 16.5. The molecule has 5 heteroatoms. The minimum Gasteiger partial charge on any atom is -0.495 e. The summed E-state index contributed by atoms with van der Waals surface area (Å²) in [5.41, 5.74) is 2.16. The van der Waals surface area contributed by atoms with Crippen molar-refractivity contribution < 1.29 is 9.53 Å². The SMILES string of the molecule is COc1ccc(CC(=O)N2CCN(CCc3ccccc3)CC2)nc1. The van der Waals surface area contributed by atoms with Crippen LogP contribution in [0.15, 0.2) is 48.7 Å². The number of nitrogens with zero attached hydrogens (tertiary/aromatic N) is 3. The number of ether oxygens (including phenoxy) is 1. The number of amides is 1. The number of hydrogen-bond acceptors (Lipinski definition) is 4. The molecule has 0 radical (unpaired) electrons. The maximum atomic E-state index is 12.4. The third-order valence-electron chi connectivity index (χ3n) is 4.65. The van der Waals surface area contributed by atoms with Crippen LogP contribution in [0.3, 0.4) is 0 Å². The highest BCUT2D eigenvalue weighted by Gasteiger charge is 2.21. The summed E-state index contributed by atoms with van der Waals surface area (Å²) in [5, 5.41) is 0. The van der Waals surface area contributed by atoms with Crippen LogP contribution < -0.4 is 4.74 Å². The first-order valence-electron chi connectivity index (χ1n) is 8.77. The van der Waals surface area contributed by atoms with Gasteiger partial charge < -0.3 is 9.64 Å². The molecule has 0 N–H and O–H groups in total. The van der Waals surface area contributed by atoms with Crippen LogP contribution in [0, 0.1) is 0 Å². The molecule has 1 fully saturated rings. The first-order valence-corrected chi connectivity index (χ1v) is 8.77. The molecule has 3 rings (SSSR count). The van der Waals surface area contributed by atoms with Crippen LogP contribution in [-0.4, -0.2) is 60.5 Å². The van der Waals surface area contributed by atoms with Gasteiger partial charge in [-0.1, -0.05) is 30.3 Å². The number of carbonyl (C=O) groups is 1. The number of piperazine rings is 1. The predicted octanol–water partition coefficient (Wildman–Crippen LogP) is 2.02. The minimum absolute atomic E-state index is 0.153. The molecule has 1 aliphatic rings. The van der Waals surface area contributed by atoms with Crippen molar-refractivity contribution in [1.82, 2.24) is 14.8 Å². The second-order valence-electron chi connectivity index (χ2n) is 6.32. The van der Waals surface area contributed by atoms with Crippen molar-refractivity contribution in [3.63, 3.8) is 0 Å². The molecular formula is C20H25N3O2. The molecule has 1 amide bonds. The Morgan fingerprint density at radius 1 is 1.08 bits per heavy atom. The molecule has 25 heavy (non-hydrogen) atoms. The van der Waals surface area contributed by atoms with Gasteiger partial charge in [-0.2, -0.15) is 0 Å². The smallest absolute Gasteiger partial charge is 0.228 e. The fourth-order valence-electron chi connectivity index (χ4n) is 3.06. The first-order chi connectivity index (χ1) is 12.2. The molecule has 1 aromatic heterocycles. The predicted molar refractivity (Wildman–Crippen MR) is 97.7 cm³/mol. The van der Waals surface area contributed by atoms with Gasteiger partial charge >= 0.3 is 0 Å². The van der Waals surface area contributed by atoms with Crippen LogP contribution in [0.4, 0.5) is 0 Å². The normalized spacial score (nSPS) is 15.2. The zero-order valence-electron chi connectivity index (χ0n) is 14.7. The monoisotopic (exact) mass is 339 g/mol. The quantitative estimate of drug-likeness (QED) is 0.808. The summed E-state index contributed by atoms with van der Waals surface area (Å²) in [6.07, 6.45) is 3.07. The summed E-state index contributed by atoms with van der Waals surface area (Å²) in [6, 6.07) is 14.2. The number of rotatable bonds is 6. The Morgan fingerprint density at radius 2 is 1.84 bits per heavy atom. The van der Waals surface area contributed by atoms with Gasteiger partial charge in [0.05, 0.1) is 19.7 Å². The van der Waals surface area contributed by atoms with Gasteiger partial charge in [0.1, 0.15) is 5.75 Å². The second-order valence-corrected chi connectivity index (χ2v) is 6.32. The van der Waals surface area contributed by atoms with Gasteiger partial charge in [0.15, 0.2) is 0 Å². The molecule has 0 saturated carbocycles. The van der Waals surface area contributed by atoms with Gasteiger partial charge in [0, 0.05) is 38.4 Å². The van der Waals surface area contributed by atoms with E-state index in [2.05, 4.69) is 34.1 Å². The van der Waals surface area contributed by atoms with E-state index in [0.29, 0.717) is 12.2 Å². The molecule has 2 heterocycles. The summed E-state index contributed by atoms with van der Waals surface area (Å²) in [7, 11) is 1.61. The Morgan fingerprint density at radius 3 is 2.48 bits per heavy atom. The number of benzene rings is 1. The van der Waals surface area contributed by atoms with Crippen LogP contribution in [0.2, 0.25) is 0 Å². The summed E-state index contributed by atoms with van der Waals surface area (Å²) < 4.78 is 5.09. The van der Waals surface area contributed by atoms with E-state index in [0.717, 1.165) is 44.8 Å². The lowest BCUT2D eigenvalue weighted by molar-refractivity contribution is -0.132. The Hall–Kier alpha value is -2.40. The van der Waals surface area contributed by atoms with E-state index < -0.39 is 0 Å². The van der Waals surface area contributed by atoms with Crippen LogP contribution in [0.1, 0.15) is 11.3 Å². The minimum atomic E-state index is 0.153. The number of pyridine rings is 1. The molecule has 0 aliphatic carbocycles. The molecule has 1 aliphatic heterocycles. The van der Waals surface area contributed by atoms with E-state index in [1.807, 2.05) is 23.1 Å². The highest BCUT2D eigenvalue weighted by molar-refractivity contribution is 5.78. The van der Waals surface area contributed by atoms with Gasteiger partial charge in [-0.3, -0.25) is 14.7 Å². The lowest BCUT2D eigenvalue weighted by Crippen LogP contribution is -2.49. The fraction of sp³-hybridized carbons (Fsp3) is 0.400. The van der Waals surface area contributed by atoms with E-state index in [1.165, 1.54) is 5.56 Å². The first kappa shape index (κ1) is 17.4. The number of methoxy groups -OCH3 is 1. The third kappa shape index (κ3) is 5.03. The van der Waals surface area contributed by atoms with Crippen molar-refractivity contribution in [1.29, 1.82) is 0 Å². The van der Waals surface area contributed by atoms with Gasteiger partial charge in [0.2, 0.25) is 5.91 Å². The Kier molecular flexibility index (Phi) is 6.01. The van der Waals surface area contributed by atoms with Gasteiger partial charge in [-0.15, -0.1) is 0 Å². The molecule has 132 valence electrons. The molecule has 2 aromatic rings. The van der Waals surface area contributed by atoms with Crippen LogP contribution in [0.5, 0.6) is 5.75 Å². The standard InChI is InChI=1S/C20H25N3O2/c1-25-19-8-7-18(21-16-19)15-20(24)23-13-11-22(12-14-23)10-9-17-5-3-2-4-6-17/h2-8,16H,9-15H2,1H3. The van der Waals surface area contributed by atoms with E-state index in [1.54, 1.807) is 13.3 Å². The maximum Gasteiger partial charge on any atom is 0.228 e. The summed E-state index contributed by atoms with van der Waals surface area (Å²) in [4.78, 5) is 21.1. The lowest BCUT2D eigenvalue weighted by Gasteiger charge is -2.34. The molecular weight excluding hydrogens is 314 g/mol. The Balaban J connectivity index is 1.42. The van der Waals surface area contributed by atoms with Crippen LogP contribution in [-0.2, 0) is 17.6 Å². The number of aromatic nitrogens is 1. The van der Waals surface area contributed by atoms with Gasteiger partial charge in [-0.25, -0.2) is 0 Å². The summed E-state index contributed by atoms with van der Waals surface area (Å²) in [6.45, 7) is 4.52. The molecule has 0 unspecified atom stereocenters. The highest BCUT2D eigenvalue weighted by Crippen LogP contribution is 2.11. The zero-order chi connectivity index (χ0) is 17.5. The lowest BCUT2D eigenvalue weighted by atomic mass is 10.1. The Bertz CT molecular complexity index is 665. The van der Waals surface area contributed by atoms with E-state index in [-0.39, 0.29) is 5.91 Å². The van der Waals surface area contributed by atoms with Crippen molar-refractivity contribution in [2.24, 2.45) is 0 Å². The van der Waals surface area contributed by atoms with Crippen LogP contribution in [0.25, 0.3) is 0 Å². The fourth-order valence-corrected chi connectivity index (χ4v) is 3.06. The average Bonchev–Trinajstić information content (AvgIpc) is 2.68. The molecule has 1 aromatic carbocycles. The zero-order valence-corrected chi connectivity index (χ0v) is 14.7. The second kappa shape index (κ2) is 8.62. The summed E-state index contributed by atoms with van der Waals surface area (Å²) >= 11 is 0. The Labute approximate surface area is 149 Å². The van der Waals surface area contributed by atoms with E-state index in [9.17, 15) is 4.79 Å².